The van der Waals surface area contributed by atoms with Crippen molar-refractivity contribution < 1.29 is 0 Å². The molecule has 0 saturated carbocycles. The van der Waals surface area contributed by atoms with Gasteiger partial charge in [0.25, 0.3) is 0 Å². The van der Waals surface area contributed by atoms with Crippen molar-refractivity contribution in [2.75, 3.05) is 6.54 Å². The molecule has 0 fully saturated rings. The molecule has 2 rings (SSSR count). The molecule has 2 aromatic rings. The van der Waals surface area contributed by atoms with Gasteiger partial charge in [0.1, 0.15) is 0 Å². The van der Waals surface area contributed by atoms with E-state index in [2.05, 4.69) is 84.5 Å². The van der Waals surface area contributed by atoms with Crippen LogP contribution in [0.4, 0.5) is 0 Å². The van der Waals surface area contributed by atoms with Crippen LogP contribution in [-0.4, -0.2) is 6.54 Å². The zero-order valence-corrected chi connectivity index (χ0v) is 14.0. The lowest BCUT2D eigenvalue weighted by Gasteiger charge is -2.22. The third-order valence-electron chi connectivity index (χ3n) is 3.85. The first kappa shape index (κ1) is 15.3. The Kier molecular flexibility index (Phi) is 5.38. The molecular weight excluding hydrogens is 310 g/mol. The van der Waals surface area contributed by atoms with Gasteiger partial charge in [0, 0.05) is 10.5 Å². The largest absolute Gasteiger partial charge is 0.310 e. The lowest BCUT2D eigenvalue weighted by Crippen LogP contribution is -2.24. The van der Waals surface area contributed by atoms with Crippen molar-refractivity contribution in [2.24, 2.45) is 0 Å². The molecule has 0 amide bonds. The fourth-order valence-electron chi connectivity index (χ4n) is 2.57. The smallest absolute Gasteiger partial charge is 0.0363 e. The van der Waals surface area contributed by atoms with Gasteiger partial charge in [-0.3, -0.25) is 0 Å². The Morgan fingerprint density at radius 3 is 2.50 bits per heavy atom. The first-order chi connectivity index (χ1) is 9.63. The topological polar surface area (TPSA) is 12.0 Å². The molecule has 0 aromatic heterocycles. The summed E-state index contributed by atoms with van der Waals surface area (Å²) in [6.07, 6.45) is 1.000. The Hall–Kier alpha value is -1.12. The molecule has 0 saturated heterocycles. The number of rotatable bonds is 5. The van der Waals surface area contributed by atoms with E-state index in [1.807, 2.05) is 0 Å². The van der Waals surface area contributed by atoms with Crippen LogP contribution in [0.2, 0.25) is 0 Å². The number of aryl methyl sites for hydroxylation is 1. The molecule has 0 aliphatic heterocycles. The normalized spacial score (nSPS) is 12.4. The molecular formula is C18H22BrN. The number of benzene rings is 2. The van der Waals surface area contributed by atoms with E-state index >= 15 is 0 Å². The molecule has 0 heterocycles. The maximum Gasteiger partial charge on any atom is 0.0363 e. The molecule has 0 spiro atoms. The van der Waals surface area contributed by atoms with Crippen LogP contribution in [-0.2, 0) is 6.42 Å². The van der Waals surface area contributed by atoms with E-state index in [1.54, 1.807) is 0 Å². The van der Waals surface area contributed by atoms with Crippen LogP contribution in [0, 0.1) is 13.8 Å². The fourth-order valence-corrected chi connectivity index (χ4v) is 3.02. The zero-order chi connectivity index (χ0) is 14.5. The Morgan fingerprint density at radius 1 is 1.05 bits per heavy atom. The summed E-state index contributed by atoms with van der Waals surface area (Å²) in [6.45, 7) is 7.54. The van der Waals surface area contributed by atoms with Crippen LogP contribution >= 0.6 is 15.9 Å². The van der Waals surface area contributed by atoms with Crippen LogP contribution in [0.25, 0.3) is 0 Å². The van der Waals surface area contributed by atoms with E-state index in [0.717, 1.165) is 13.0 Å². The molecule has 1 unspecified atom stereocenters. The third kappa shape index (κ3) is 3.50. The van der Waals surface area contributed by atoms with E-state index in [4.69, 9.17) is 0 Å². The van der Waals surface area contributed by atoms with Crippen LogP contribution in [0.5, 0.6) is 0 Å². The van der Waals surface area contributed by atoms with E-state index in [-0.39, 0.29) is 0 Å². The number of halogens is 1. The SMILES string of the molecule is CCNC(Cc1ccccc1Br)c1cccc(C)c1C. The van der Waals surface area contributed by atoms with Gasteiger partial charge in [-0.25, -0.2) is 0 Å². The van der Waals surface area contributed by atoms with Crippen LogP contribution in [0.15, 0.2) is 46.9 Å². The maximum atomic E-state index is 3.65. The maximum absolute atomic E-state index is 3.65. The van der Waals surface area contributed by atoms with Crippen LogP contribution in [0.1, 0.15) is 35.2 Å². The minimum Gasteiger partial charge on any atom is -0.310 e. The molecule has 0 radical (unpaired) electrons. The average molecular weight is 332 g/mol. The van der Waals surface area contributed by atoms with Gasteiger partial charge in [-0.2, -0.15) is 0 Å². The van der Waals surface area contributed by atoms with Crippen molar-refractivity contribution >= 4 is 15.9 Å². The van der Waals surface area contributed by atoms with Gasteiger partial charge < -0.3 is 5.32 Å². The van der Waals surface area contributed by atoms with Crippen molar-refractivity contribution in [3.05, 3.63) is 69.2 Å². The monoisotopic (exact) mass is 331 g/mol. The Bertz CT molecular complexity index is 577. The summed E-state index contributed by atoms with van der Waals surface area (Å²) in [5, 5.41) is 3.62. The van der Waals surface area contributed by atoms with Gasteiger partial charge in [-0.1, -0.05) is 59.3 Å². The second-order valence-corrected chi connectivity index (χ2v) is 6.05. The van der Waals surface area contributed by atoms with E-state index in [9.17, 15) is 0 Å². The summed E-state index contributed by atoms with van der Waals surface area (Å²) in [4.78, 5) is 0. The predicted octanol–water partition coefficient (Wildman–Crippen LogP) is 4.96. The Morgan fingerprint density at radius 2 is 1.80 bits per heavy atom. The van der Waals surface area contributed by atoms with Crippen LogP contribution in [0.3, 0.4) is 0 Å². The van der Waals surface area contributed by atoms with Gasteiger partial charge >= 0.3 is 0 Å². The predicted molar refractivity (Wildman–Crippen MR) is 90.2 cm³/mol. The molecule has 2 aromatic carbocycles. The highest BCUT2D eigenvalue weighted by atomic mass is 79.9. The third-order valence-corrected chi connectivity index (χ3v) is 4.63. The fraction of sp³-hybridized carbons (Fsp3) is 0.333. The highest BCUT2D eigenvalue weighted by Gasteiger charge is 2.15. The zero-order valence-electron chi connectivity index (χ0n) is 12.4. The average Bonchev–Trinajstić information content (AvgIpc) is 2.44. The van der Waals surface area contributed by atoms with Gasteiger partial charge in [0.15, 0.2) is 0 Å². The molecule has 1 N–H and O–H groups in total. The van der Waals surface area contributed by atoms with Gasteiger partial charge in [-0.15, -0.1) is 0 Å². The summed E-state index contributed by atoms with van der Waals surface area (Å²) >= 11 is 3.65. The minimum absolute atomic E-state index is 0.360. The Labute approximate surface area is 130 Å². The van der Waals surface area contributed by atoms with E-state index < -0.39 is 0 Å². The summed E-state index contributed by atoms with van der Waals surface area (Å²) in [5.74, 6) is 0. The van der Waals surface area contributed by atoms with Crippen LogP contribution < -0.4 is 5.32 Å². The molecule has 0 bridgehead atoms. The Balaban J connectivity index is 2.32. The highest BCUT2D eigenvalue weighted by Crippen LogP contribution is 2.26. The number of nitrogens with one attached hydrogen (secondary N) is 1. The van der Waals surface area contributed by atoms with Gasteiger partial charge in [-0.05, 0) is 55.1 Å². The number of hydrogen-bond acceptors (Lipinski definition) is 1. The van der Waals surface area contributed by atoms with Crippen molar-refractivity contribution in [2.45, 2.75) is 33.2 Å². The molecule has 0 aliphatic rings. The summed E-state index contributed by atoms with van der Waals surface area (Å²) in [7, 11) is 0. The summed E-state index contributed by atoms with van der Waals surface area (Å²) in [6, 6.07) is 15.4. The number of hydrogen-bond donors (Lipinski definition) is 1. The van der Waals surface area contributed by atoms with Crippen molar-refractivity contribution in [3.8, 4) is 0 Å². The summed E-state index contributed by atoms with van der Waals surface area (Å²) in [5.41, 5.74) is 5.50. The first-order valence-corrected chi connectivity index (χ1v) is 7.95. The summed E-state index contributed by atoms with van der Waals surface area (Å²) < 4.78 is 1.19. The molecule has 106 valence electrons. The second-order valence-electron chi connectivity index (χ2n) is 5.19. The number of likely N-dealkylation sites (N-methyl/N-ethyl adjacent to an activating group) is 1. The van der Waals surface area contributed by atoms with E-state index in [0.29, 0.717) is 6.04 Å². The van der Waals surface area contributed by atoms with Gasteiger partial charge in [0.2, 0.25) is 0 Å². The van der Waals surface area contributed by atoms with Crippen molar-refractivity contribution in [1.82, 2.24) is 5.32 Å². The highest BCUT2D eigenvalue weighted by molar-refractivity contribution is 9.10. The molecule has 0 aliphatic carbocycles. The van der Waals surface area contributed by atoms with Gasteiger partial charge in [0.05, 0.1) is 0 Å². The molecule has 2 heteroatoms. The van der Waals surface area contributed by atoms with Crippen molar-refractivity contribution in [3.63, 3.8) is 0 Å². The standard InChI is InChI=1S/C18H22BrN/c1-4-20-18(12-15-9-5-6-11-17(15)19)16-10-7-8-13(2)14(16)3/h5-11,18,20H,4,12H2,1-3H3. The minimum atomic E-state index is 0.360. The first-order valence-electron chi connectivity index (χ1n) is 7.16. The quantitative estimate of drug-likeness (QED) is 0.816. The second kappa shape index (κ2) is 7.05. The van der Waals surface area contributed by atoms with Crippen molar-refractivity contribution in [1.29, 1.82) is 0 Å². The molecule has 1 atom stereocenters. The molecule has 20 heavy (non-hydrogen) atoms. The lowest BCUT2D eigenvalue weighted by atomic mass is 9.93. The van der Waals surface area contributed by atoms with E-state index in [1.165, 1.54) is 26.7 Å². The molecule has 1 nitrogen and oxygen atoms in total. The lowest BCUT2D eigenvalue weighted by molar-refractivity contribution is 0.546.